The van der Waals surface area contributed by atoms with Crippen molar-refractivity contribution in [2.24, 2.45) is 5.73 Å². The van der Waals surface area contributed by atoms with E-state index in [-0.39, 0.29) is 5.91 Å². The van der Waals surface area contributed by atoms with Gasteiger partial charge >= 0.3 is 0 Å². The van der Waals surface area contributed by atoms with Gasteiger partial charge in [-0.25, -0.2) is 0 Å². The predicted molar refractivity (Wildman–Crippen MR) is 85.8 cm³/mol. The zero-order valence-electron chi connectivity index (χ0n) is 11.4. The van der Waals surface area contributed by atoms with Crippen molar-refractivity contribution in [2.45, 2.75) is 19.5 Å². The summed E-state index contributed by atoms with van der Waals surface area (Å²) in [5.74, 6) is -0.0957. The van der Waals surface area contributed by atoms with E-state index in [2.05, 4.69) is 0 Å². The predicted octanol–water partition coefficient (Wildman–Crippen LogP) is 3.85. The van der Waals surface area contributed by atoms with Crippen LogP contribution in [-0.2, 0) is 11.3 Å². The van der Waals surface area contributed by atoms with Crippen LogP contribution >= 0.6 is 23.2 Å². The van der Waals surface area contributed by atoms with Gasteiger partial charge in [-0.1, -0.05) is 47.0 Å². The molecule has 0 radical (unpaired) electrons. The van der Waals surface area contributed by atoms with Crippen molar-refractivity contribution in [3.05, 3.63) is 63.1 Å². The van der Waals surface area contributed by atoms with E-state index in [1.54, 1.807) is 17.0 Å². The van der Waals surface area contributed by atoms with Crippen LogP contribution in [0.25, 0.3) is 0 Å². The van der Waals surface area contributed by atoms with Gasteiger partial charge in [0.15, 0.2) is 0 Å². The fraction of sp³-hybridized carbons (Fsp3) is 0.188. The number of halogens is 2. The Morgan fingerprint density at radius 3 is 2.62 bits per heavy atom. The Morgan fingerprint density at radius 1 is 1.14 bits per heavy atom. The minimum absolute atomic E-state index is 0.0957. The van der Waals surface area contributed by atoms with Crippen LogP contribution in [0.15, 0.2) is 36.4 Å². The SMILES string of the molecule is Cc1ccc2c(c1)C(N)C(=O)N2Cc1ccc(Cl)c(Cl)c1. The van der Waals surface area contributed by atoms with E-state index in [0.717, 1.165) is 22.4 Å². The number of benzene rings is 2. The van der Waals surface area contributed by atoms with Gasteiger partial charge in [0.25, 0.3) is 0 Å². The number of carbonyl (C=O) groups excluding carboxylic acids is 1. The summed E-state index contributed by atoms with van der Waals surface area (Å²) in [4.78, 5) is 14.1. The Labute approximate surface area is 133 Å². The molecule has 1 heterocycles. The van der Waals surface area contributed by atoms with Crippen LogP contribution < -0.4 is 10.6 Å². The number of fused-ring (bicyclic) bond motifs is 1. The summed E-state index contributed by atoms with van der Waals surface area (Å²) in [7, 11) is 0. The molecule has 0 aromatic heterocycles. The Bertz CT molecular complexity index is 730. The first-order valence-corrected chi connectivity index (χ1v) is 7.34. The van der Waals surface area contributed by atoms with Crippen molar-refractivity contribution < 1.29 is 4.79 Å². The molecular weight excluding hydrogens is 307 g/mol. The molecule has 2 aromatic carbocycles. The second-order valence-electron chi connectivity index (χ2n) is 5.21. The van der Waals surface area contributed by atoms with Crippen LogP contribution in [0.1, 0.15) is 22.7 Å². The van der Waals surface area contributed by atoms with Gasteiger partial charge in [-0.15, -0.1) is 0 Å². The zero-order valence-corrected chi connectivity index (χ0v) is 12.9. The Morgan fingerprint density at radius 2 is 1.90 bits per heavy atom. The van der Waals surface area contributed by atoms with Crippen LogP contribution in [0.3, 0.4) is 0 Å². The molecule has 3 nitrogen and oxygen atoms in total. The molecule has 0 saturated heterocycles. The maximum Gasteiger partial charge on any atom is 0.248 e. The average molecular weight is 321 g/mol. The van der Waals surface area contributed by atoms with Crippen molar-refractivity contribution in [3.8, 4) is 0 Å². The minimum atomic E-state index is -0.595. The van der Waals surface area contributed by atoms with E-state index < -0.39 is 6.04 Å². The van der Waals surface area contributed by atoms with Crippen molar-refractivity contribution in [1.82, 2.24) is 0 Å². The normalized spacial score (nSPS) is 17.2. The Balaban J connectivity index is 1.96. The number of anilines is 1. The summed E-state index contributed by atoms with van der Waals surface area (Å²) in [6.07, 6.45) is 0. The summed E-state index contributed by atoms with van der Waals surface area (Å²) < 4.78 is 0. The Hall–Kier alpha value is -1.55. The largest absolute Gasteiger partial charge is 0.316 e. The van der Waals surface area contributed by atoms with E-state index >= 15 is 0 Å². The van der Waals surface area contributed by atoms with Crippen LogP contribution in [0, 0.1) is 6.92 Å². The molecule has 21 heavy (non-hydrogen) atoms. The number of aryl methyl sites for hydroxylation is 1. The summed E-state index contributed by atoms with van der Waals surface area (Å²) in [6.45, 7) is 2.42. The van der Waals surface area contributed by atoms with E-state index in [1.165, 1.54) is 0 Å². The van der Waals surface area contributed by atoms with Gasteiger partial charge in [0.1, 0.15) is 6.04 Å². The molecule has 0 aliphatic carbocycles. The van der Waals surface area contributed by atoms with E-state index in [4.69, 9.17) is 28.9 Å². The molecular formula is C16H14Cl2N2O. The number of carbonyl (C=O) groups is 1. The molecule has 0 bridgehead atoms. The van der Waals surface area contributed by atoms with Gasteiger partial charge in [0.2, 0.25) is 5.91 Å². The number of rotatable bonds is 2. The van der Waals surface area contributed by atoms with Gasteiger partial charge in [-0.3, -0.25) is 4.79 Å². The topological polar surface area (TPSA) is 46.3 Å². The molecule has 1 unspecified atom stereocenters. The molecule has 0 spiro atoms. The summed E-state index contributed by atoms with van der Waals surface area (Å²) in [5, 5.41) is 0.982. The minimum Gasteiger partial charge on any atom is -0.316 e. The average Bonchev–Trinajstić information content (AvgIpc) is 2.68. The number of nitrogens with zero attached hydrogens (tertiary/aromatic N) is 1. The molecule has 108 valence electrons. The molecule has 5 heteroatoms. The van der Waals surface area contributed by atoms with E-state index in [9.17, 15) is 4.79 Å². The van der Waals surface area contributed by atoms with Gasteiger partial charge in [-0.2, -0.15) is 0 Å². The summed E-state index contributed by atoms with van der Waals surface area (Å²) in [5.41, 5.74) is 9.76. The highest BCUT2D eigenvalue weighted by atomic mass is 35.5. The van der Waals surface area contributed by atoms with Gasteiger partial charge < -0.3 is 10.6 Å². The van der Waals surface area contributed by atoms with Crippen LogP contribution in [0.5, 0.6) is 0 Å². The maximum absolute atomic E-state index is 12.4. The monoisotopic (exact) mass is 320 g/mol. The van der Waals surface area contributed by atoms with E-state index in [1.807, 2.05) is 31.2 Å². The number of nitrogens with two attached hydrogens (primary N) is 1. The number of amides is 1. The third-order valence-electron chi connectivity index (χ3n) is 3.67. The molecule has 1 aliphatic heterocycles. The summed E-state index contributed by atoms with van der Waals surface area (Å²) in [6, 6.07) is 10.7. The first-order chi connectivity index (χ1) is 9.97. The quantitative estimate of drug-likeness (QED) is 0.913. The maximum atomic E-state index is 12.4. The molecule has 1 atom stereocenters. The second kappa shape index (κ2) is 5.34. The highest BCUT2D eigenvalue weighted by Gasteiger charge is 2.34. The highest BCUT2D eigenvalue weighted by molar-refractivity contribution is 6.42. The third-order valence-corrected chi connectivity index (χ3v) is 4.40. The molecule has 0 saturated carbocycles. The lowest BCUT2D eigenvalue weighted by atomic mass is 10.1. The molecule has 2 N–H and O–H groups in total. The van der Waals surface area contributed by atoms with Crippen molar-refractivity contribution in [1.29, 1.82) is 0 Å². The third kappa shape index (κ3) is 2.53. The number of hydrogen-bond donors (Lipinski definition) is 1. The summed E-state index contributed by atoms with van der Waals surface area (Å²) >= 11 is 11.9. The molecule has 1 amide bonds. The molecule has 3 rings (SSSR count). The van der Waals surface area contributed by atoms with Gasteiger partial charge in [-0.05, 0) is 30.7 Å². The molecule has 0 fully saturated rings. The second-order valence-corrected chi connectivity index (χ2v) is 6.03. The van der Waals surface area contributed by atoms with Crippen molar-refractivity contribution in [2.75, 3.05) is 4.90 Å². The lowest BCUT2D eigenvalue weighted by Crippen LogP contribution is -2.31. The lowest BCUT2D eigenvalue weighted by Gasteiger charge is -2.18. The van der Waals surface area contributed by atoms with E-state index in [0.29, 0.717) is 16.6 Å². The van der Waals surface area contributed by atoms with Crippen molar-refractivity contribution >= 4 is 34.8 Å². The van der Waals surface area contributed by atoms with Crippen molar-refractivity contribution in [3.63, 3.8) is 0 Å². The highest BCUT2D eigenvalue weighted by Crippen LogP contribution is 2.36. The van der Waals surface area contributed by atoms with Gasteiger partial charge in [0.05, 0.1) is 16.6 Å². The van der Waals surface area contributed by atoms with Crippen LogP contribution in [0.4, 0.5) is 5.69 Å². The van der Waals surface area contributed by atoms with Crippen LogP contribution in [-0.4, -0.2) is 5.91 Å². The molecule has 1 aliphatic rings. The zero-order chi connectivity index (χ0) is 15.1. The first-order valence-electron chi connectivity index (χ1n) is 6.59. The van der Waals surface area contributed by atoms with Gasteiger partial charge in [0, 0.05) is 11.3 Å². The fourth-order valence-electron chi connectivity index (χ4n) is 2.57. The van der Waals surface area contributed by atoms with Crippen LogP contribution in [0.2, 0.25) is 10.0 Å². The fourth-order valence-corrected chi connectivity index (χ4v) is 2.89. The smallest absolute Gasteiger partial charge is 0.248 e. The Kier molecular flexibility index (Phi) is 3.66. The first kappa shape index (κ1) is 14.4. The molecule has 2 aromatic rings. The lowest BCUT2D eigenvalue weighted by molar-refractivity contribution is -0.119. The standard InChI is InChI=1S/C16H14Cl2N2O/c1-9-2-5-14-11(6-9)15(19)16(21)20(14)8-10-3-4-12(17)13(18)7-10/h2-7,15H,8,19H2,1H3. The number of hydrogen-bond acceptors (Lipinski definition) is 2.